The summed E-state index contributed by atoms with van der Waals surface area (Å²) in [5, 5.41) is 3.98. The molecule has 0 spiro atoms. The Bertz CT molecular complexity index is 983. The van der Waals surface area contributed by atoms with E-state index in [9.17, 15) is 13.2 Å². The maximum Gasteiger partial charge on any atom is 0.239 e. The highest BCUT2D eigenvalue weighted by Crippen LogP contribution is 2.31. The van der Waals surface area contributed by atoms with Crippen LogP contribution in [0.5, 0.6) is 0 Å². The van der Waals surface area contributed by atoms with Gasteiger partial charge in [-0.3, -0.25) is 10.2 Å². The Hall–Kier alpha value is -1.68. The summed E-state index contributed by atoms with van der Waals surface area (Å²) in [5.74, 6) is -0.376. The lowest BCUT2D eigenvalue weighted by atomic mass is 9.92. The minimum absolute atomic E-state index is 0.0860. The van der Waals surface area contributed by atoms with E-state index in [4.69, 9.17) is 23.2 Å². The van der Waals surface area contributed by atoms with Crippen molar-refractivity contribution < 1.29 is 13.2 Å². The van der Waals surface area contributed by atoms with E-state index in [0.717, 1.165) is 11.1 Å². The van der Waals surface area contributed by atoms with Gasteiger partial charge in [0.05, 0.1) is 5.75 Å². The summed E-state index contributed by atoms with van der Waals surface area (Å²) in [7, 11) is -1.93. The fourth-order valence-corrected chi connectivity index (χ4v) is 4.51. The standard InChI is InChI=1S/C19H22Cl2N4O3S/c1-22-29(27,28)11-13-4-2-12(3-5-13)9-23-19(26)18-16(10-24-25-18)15-7-6-14(20)8-17(15)21/h2-8,16,18,22,24-25H,9-11H2,1H3,(H,23,26). The van der Waals surface area contributed by atoms with Crippen LogP contribution in [0, 0.1) is 0 Å². The summed E-state index contributed by atoms with van der Waals surface area (Å²) in [6.07, 6.45) is 0. The van der Waals surface area contributed by atoms with Gasteiger partial charge in [0.25, 0.3) is 0 Å². The fourth-order valence-electron chi connectivity index (χ4n) is 3.18. The minimum atomic E-state index is -3.31. The second-order valence-electron chi connectivity index (χ2n) is 6.77. The molecule has 29 heavy (non-hydrogen) atoms. The van der Waals surface area contributed by atoms with Crippen LogP contribution in [-0.4, -0.2) is 34.0 Å². The lowest BCUT2D eigenvalue weighted by Crippen LogP contribution is -2.44. The summed E-state index contributed by atoms with van der Waals surface area (Å²) in [6.45, 7) is 0.894. The maximum absolute atomic E-state index is 12.7. The zero-order chi connectivity index (χ0) is 21.0. The molecule has 156 valence electrons. The summed E-state index contributed by atoms with van der Waals surface area (Å²) in [6, 6.07) is 11.9. The third kappa shape index (κ3) is 5.69. The Kier molecular flexibility index (Phi) is 7.15. The smallest absolute Gasteiger partial charge is 0.239 e. The molecule has 0 aromatic heterocycles. The number of carbonyl (C=O) groups excluding carboxylic acids is 1. The first-order valence-corrected chi connectivity index (χ1v) is 11.4. The van der Waals surface area contributed by atoms with Gasteiger partial charge in [-0.15, -0.1) is 0 Å². The first-order valence-electron chi connectivity index (χ1n) is 8.99. The van der Waals surface area contributed by atoms with Crippen molar-refractivity contribution in [2.45, 2.75) is 24.3 Å². The van der Waals surface area contributed by atoms with Gasteiger partial charge in [-0.25, -0.2) is 18.6 Å². The Morgan fingerprint density at radius 3 is 2.48 bits per heavy atom. The second-order valence-corrected chi connectivity index (χ2v) is 9.54. The molecule has 7 nitrogen and oxygen atoms in total. The van der Waals surface area contributed by atoms with Crippen molar-refractivity contribution in [2.24, 2.45) is 0 Å². The summed E-state index contributed by atoms with van der Waals surface area (Å²) < 4.78 is 25.5. The lowest BCUT2D eigenvalue weighted by Gasteiger charge is -2.19. The molecule has 10 heteroatoms. The fraction of sp³-hybridized carbons (Fsp3) is 0.316. The van der Waals surface area contributed by atoms with Crippen LogP contribution < -0.4 is 20.9 Å². The Morgan fingerprint density at radius 1 is 1.14 bits per heavy atom. The highest BCUT2D eigenvalue weighted by Gasteiger charge is 2.34. The van der Waals surface area contributed by atoms with Crippen LogP contribution in [0.4, 0.5) is 0 Å². The number of hydrogen-bond donors (Lipinski definition) is 4. The molecule has 0 bridgehead atoms. The molecule has 2 unspecified atom stereocenters. The van der Waals surface area contributed by atoms with Crippen molar-refractivity contribution >= 4 is 39.1 Å². The van der Waals surface area contributed by atoms with E-state index >= 15 is 0 Å². The van der Waals surface area contributed by atoms with Gasteiger partial charge in [0, 0.05) is 29.1 Å². The number of amides is 1. The maximum atomic E-state index is 12.7. The Balaban J connectivity index is 1.61. The molecule has 2 aromatic rings. The first kappa shape index (κ1) is 22.0. The number of halogens is 2. The average molecular weight is 457 g/mol. The molecule has 1 fully saturated rings. The number of carbonyl (C=O) groups is 1. The third-order valence-corrected chi connectivity index (χ3v) is 6.68. The molecule has 1 aliphatic heterocycles. The van der Waals surface area contributed by atoms with Crippen molar-refractivity contribution in [3.05, 3.63) is 69.2 Å². The van der Waals surface area contributed by atoms with Crippen molar-refractivity contribution in [1.82, 2.24) is 20.9 Å². The third-order valence-electron chi connectivity index (χ3n) is 4.78. The van der Waals surface area contributed by atoms with E-state index in [0.29, 0.717) is 28.7 Å². The number of hydrogen-bond acceptors (Lipinski definition) is 5. The molecule has 1 heterocycles. The van der Waals surface area contributed by atoms with Gasteiger partial charge in [0.2, 0.25) is 15.9 Å². The molecule has 2 aromatic carbocycles. The van der Waals surface area contributed by atoms with Crippen molar-refractivity contribution in [1.29, 1.82) is 0 Å². The van der Waals surface area contributed by atoms with Gasteiger partial charge in [-0.05, 0) is 35.9 Å². The summed E-state index contributed by atoms with van der Waals surface area (Å²) in [4.78, 5) is 12.7. The van der Waals surface area contributed by atoms with Gasteiger partial charge in [0.15, 0.2) is 0 Å². The molecule has 0 aliphatic carbocycles. The Labute approximate surface area is 180 Å². The largest absolute Gasteiger partial charge is 0.351 e. The second kappa shape index (κ2) is 9.42. The van der Waals surface area contributed by atoms with E-state index in [-0.39, 0.29) is 17.6 Å². The molecule has 1 amide bonds. The molecule has 1 saturated heterocycles. The Morgan fingerprint density at radius 2 is 1.83 bits per heavy atom. The summed E-state index contributed by atoms with van der Waals surface area (Å²) >= 11 is 12.3. The van der Waals surface area contributed by atoms with Gasteiger partial charge in [0.1, 0.15) is 6.04 Å². The lowest BCUT2D eigenvalue weighted by molar-refractivity contribution is -0.123. The number of rotatable bonds is 7. The highest BCUT2D eigenvalue weighted by atomic mass is 35.5. The average Bonchev–Trinajstić information content (AvgIpc) is 3.16. The predicted octanol–water partition coefficient (Wildman–Crippen LogP) is 1.92. The topological polar surface area (TPSA) is 99.3 Å². The van der Waals surface area contributed by atoms with Crippen molar-refractivity contribution in [2.75, 3.05) is 13.6 Å². The van der Waals surface area contributed by atoms with Gasteiger partial charge >= 0.3 is 0 Å². The minimum Gasteiger partial charge on any atom is -0.351 e. The van der Waals surface area contributed by atoms with Crippen molar-refractivity contribution in [3.63, 3.8) is 0 Å². The summed E-state index contributed by atoms with van der Waals surface area (Å²) in [5.41, 5.74) is 8.40. The quantitative estimate of drug-likeness (QED) is 0.509. The molecular formula is C19H22Cl2N4O3S. The monoisotopic (exact) mass is 456 g/mol. The van der Waals surface area contributed by atoms with Crippen LogP contribution in [-0.2, 0) is 27.1 Å². The normalized spacial score (nSPS) is 19.3. The molecule has 0 radical (unpaired) electrons. The number of sulfonamides is 1. The van der Waals surface area contributed by atoms with E-state index in [1.54, 1.807) is 36.4 Å². The molecule has 0 saturated carbocycles. The molecule has 2 atom stereocenters. The zero-order valence-electron chi connectivity index (χ0n) is 15.7. The number of benzene rings is 2. The molecule has 4 N–H and O–H groups in total. The highest BCUT2D eigenvalue weighted by molar-refractivity contribution is 7.88. The van der Waals surface area contributed by atoms with E-state index in [1.807, 2.05) is 6.07 Å². The van der Waals surface area contributed by atoms with Gasteiger partial charge in [-0.2, -0.15) is 0 Å². The molecule has 3 rings (SSSR count). The van der Waals surface area contributed by atoms with Crippen LogP contribution >= 0.6 is 23.2 Å². The van der Waals surface area contributed by atoms with Gasteiger partial charge < -0.3 is 5.32 Å². The molecule has 1 aliphatic rings. The number of hydrazine groups is 1. The van der Waals surface area contributed by atoms with Gasteiger partial charge in [-0.1, -0.05) is 53.5 Å². The van der Waals surface area contributed by atoms with Crippen LogP contribution in [0.15, 0.2) is 42.5 Å². The molecular weight excluding hydrogens is 435 g/mol. The van der Waals surface area contributed by atoms with Crippen LogP contribution in [0.1, 0.15) is 22.6 Å². The first-order chi connectivity index (χ1) is 13.8. The van der Waals surface area contributed by atoms with E-state index in [1.165, 1.54) is 7.05 Å². The van der Waals surface area contributed by atoms with Crippen molar-refractivity contribution in [3.8, 4) is 0 Å². The van der Waals surface area contributed by atoms with Crippen LogP contribution in [0.2, 0.25) is 10.0 Å². The zero-order valence-corrected chi connectivity index (χ0v) is 18.0. The van der Waals surface area contributed by atoms with E-state index in [2.05, 4.69) is 20.9 Å². The predicted molar refractivity (Wildman–Crippen MR) is 114 cm³/mol. The number of nitrogens with one attached hydrogen (secondary N) is 4. The SMILES string of the molecule is CNS(=O)(=O)Cc1ccc(CNC(=O)C2NNCC2c2ccc(Cl)cc2Cl)cc1. The van der Waals surface area contributed by atoms with E-state index < -0.39 is 16.1 Å². The van der Waals surface area contributed by atoms with Crippen LogP contribution in [0.25, 0.3) is 0 Å². The van der Waals surface area contributed by atoms with Crippen LogP contribution in [0.3, 0.4) is 0 Å².